The summed E-state index contributed by atoms with van der Waals surface area (Å²) in [6.07, 6.45) is 1.36. The van der Waals surface area contributed by atoms with Crippen molar-refractivity contribution in [2.75, 3.05) is 19.0 Å². The van der Waals surface area contributed by atoms with Crippen LogP contribution in [0.15, 0.2) is 47.6 Å². The highest BCUT2D eigenvalue weighted by molar-refractivity contribution is 5.88. The van der Waals surface area contributed by atoms with Crippen LogP contribution < -0.4 is 20.2 Å². The Morgan fingerprint density at radius 3 is 2.58 bits per heavy atom. The van der Waals surface area contributed by atoms with E-state index in [9.17, 15) is 9.90 Å². The molecule has 0 aliphatic rings. The van der Waals surface area contributed by atoms with Crippen molar-refractivity contribution >= 4 is 17.8 Å². The molecule has 0 fully saturated rings. The number of phenolic OH excluding ortho intramolecular Hbond substituents is 1. The molecule has 0 radical (unpaired) electrons. The van der Waals surface area contributed by atoms with Crippen LogP contribution in [0.3, 0.4) is 0 Å². The summed E-state index contributed by atoms with van der Waals surface area (Å²) in [6, 6.07) is 11.6. The van der Waals surface area contributed by atoms with Crippen LogP contribution in [0, 0.1) is 0 Å². The van der Waals surface area contributed by atoms with Gasteiger partial charge in [-0.15, -0.1) is 0 Å². The zero-order valence-corrected chi connectivity index (χ0v) is 15.0. The minimum absolute atomic E-state index is 0.0457. The Morgan fingerprint density at radius 2 is 1.92 bits per heavy atom. The van der Waals surface area contributed by atoms with Crippen LogP contribution >= 0.6 is 0 Å². The van der Waals surface area contributed by atoms with Gasteiger partial charge in [-0.05, 0) is 56.3 Å². The average Bonchev–Trinajstić information content (AvgIpc) is 2.65. The van der Waals surface area contributed by atoms with E-state index in [-0.39, 0.29) is 11.7 Å². The molecule has 7 nitrogen and oxygen atoms in total. The maximum atomic E-state index is 12.1. The van der Waals surface area contributed by atoms with E-state index in [1.807, 2.05) is 31.2 Å². The molecule has 1 amide bonds. The summed E-state index contributed by atoms with van der Waals surface area (Å²) >= 11 is 0. The van der Waals surface area contributed by atoms with Crippen molar-refractivity contribution < 1.29 is 19.4 Å². The van der Waals surface area contributed by atoms with Crippen LogP contribution in [-0.4, -0.2) is 37.0 Å². The summed E-state index contributed by atoms with van der Waals surface area (Å²) in [6.45, 7) is 4.25. The van der Waals surface area contributed by atoms with E-state index in [1.54, 1.807) is 19.1 Å². The van der Waals surface area contributed by atoms with Crippen molar-refractivity contribution in [2.24, 2.45) is 5.10 Å². The molecule has 0 bridgehead atoms. The van der Waals surface area contributed by atoms with Crippen LogP contribution in [0.2, 0.25) is 0 Å². The number of hydrogen-bond acceptors (Lipinski definition) is 6. The zero-order valence-electron chi connectivity index (χ0n) is 15.0. The van der Waals surface area contributed by atoms with E-state index in [0.29, 0.717) is 17.9 Å². The standard InChI is InChI=1S/C19H23N3O4/c1-4-26-16-7-5-15(6-8-16)21-13(2)19(24)22-20-12-14-11-17(25-3)9-10-18(14)23/h5-13,21,23H,4H2,1-3H3,(H,22,24)/b20-12-/t13-/m0/s1. The second kappa shape index (κ2) is 9.31. The van der Waals surface area contributed by atoms with Gasteiger partial charge >= 0.3 is 0 Å². The summed E-state index contributed by atoms with van der Waals surface area (Å²) in [5.74, 6) is 1.10. The first-order chi connectivity index (χ1) is 12.5. The maximum absolute atomic E-state index is 12.1. The fourth-order valence-electron chi connectivity index (χ4n) is 2.15. The third kappa shape index (κ3) is 5.41. The number of amides is 1. The van der Waals surface area contributed by atoms with E-state index < -0.39 is 6.04 Å². The number of carbonyl (C=O) groups excluding carboxylic acids is 1. The van der Waals surface area contributed by atoms with Gasteiger partial charge in [0.25, 0.3) is 5.91 Å². The molecule has 0 spiro atoms. The zero-order chi connectivity index (χ0) is 18.9. The number of rotatable bonds is 8. The SMILES string of the molecule is CCOc1ccc(N[C@@H](C)C(=O)N/N=C\c2cc(OC)ccc2O)cc1. The van der Waals surface area contributed by atoms with Gasteiger partial charge in [0.1, 0.15) is 23.3 Å². The quantitative estimate of drug-likeness (QED) is 0.499. The number of hydrazone groups is 1. The predicted molar refractivity (Wildman–Crippen MR) is 101 cm³/mol. The summed E-state index contributed by atoms with van der Waals surface area (Å²) in [5, 5.41) is 16.7. The second-order valence-corrected chi connectivity index (χ2v) is 5.48. The van der Waals surface area contributed by atoms with E-state index in [0.717, 1.165) is 11.4 Å². The Kier molecular flexibility index (Phi) is 6.84. The molecule has 2 aromatic rings. The molecule has 1 atom stereocenters. The Hall–Kier alpha value is -3.22. The number of aromatic hydroxyl groups is 1. The summed E-state index contributed by atoms with van der Waals surface area (Å²) in [7, 11) is 1.53. The van der Waals surface area contributed by atoms with Crippen molar-refractivity contribution in [1.29, 1.82) is 0 Å². The van der Waals surface area contributed by atoms with Gasteiger partial charge in [0, 0.05) is 11.3 Å². The minimum Gasteiger partial charge on any atom is -0.507 e. The van der Waals surface area contributed by atoms with Crippen molar-refractivity contribution in [2.45, 2.75) is 19.9 Å². The number of nitrogens with zero attached hydrogens (tertiary/aromatic N) is 1. The van der Waals surface area contributed by atoms with Crippen LogP contribution in [0.4, 0.5) is 5.69 Å². The number of benzene rings is 2. The molecule has 2 rings (SSSR count). The second-order valence-electron chi connectivity index (χ2n) is 5.48. The van der Waals surface area contributed by atoms with Crippen LogP contribution in [0.5, 0.6) is 17.2 Å². The van der Waals surface area contributed by atoms with Crippen LogP contribution in [-0.2, 0) is 4.79 Å². The summed E-state index contributed by atoms with van der Waals surface area (Å²) < 4.78 is 10.5. The van der Waals surface area contributed by atoms with Crippen molar-refractivity contribution in [1.82, 2.24) is 5.43 Å². The minimum atomic E-state index is -0.496. The molecule has 26 heavy (non-hydrogen) atoms. The highest BCUT2D eigenvalue weighted by Gasteiger charge is 2.11. The molecule has 7 heteroatoms. The van der Waals surface area contributed by atoms with E-state index in [4.69, 9.17) is 9.47 Å². The normalized spacial score (nSPS) is 11.8. The Labute approximate surface area is 152 Å². The first-order valence-electron chi connectivity index (χ1n) is 8.22. The van der Waals surface area contributed by atoms with Crippen molar-refractivity contribution in [3.8, 4) is 17.2 Å². The van der Waals surface area contributed by atoms with Gasteiger partial charge in [-0.3, -0.25) is 4.79 Å². The van der Waals surface area contributed by atoms with E-state index >= 15 is 0 Å². The molecule has 0 heterocycles. The first kappa shape index (κ1) is 19.1. The third-order valence-electron chi connectivity index (χ3n) is 3.55. The number of methoxy groups -OCH3 is 1. The Morgan fingerprint density at radius 1 is 1.23 bits per heavy atom. The van der Waals surface area contributed by atoms with Gasteiger partial charge in [0.05, 0.1) is 19.9 Å². The average molecular weight is 357 g/mol. The molecule has 0 unspecified atom stereocenters. The first-order valence-corrected chi connectivity index (χ1v) is 8.22. The van der Waals surface area contributed by atoms with Crippen LogP contribution in [0.25, 0.3) is 0 Å². The molecule has 2 aromatic carbocycles. The Bertz CT molecular complexity index is 760. The highest BCUT2D eigenvalue weighted by atomic mass is 16.5. The number of nitrogens with one attached hydrogen (secondary N) is 2. The molecule has 0 saturated heterocycles. The number of ether oxygens (including phenoxy) is 2. The smallest absolute Gasteiger partial charge is 0.262 e. The largest absolute Gasteiger partial charge is 0.507 e. The molecule has 0 aliphatic carbocycles. The highest BCUT2D eigenvalue weighted by Crippen LogP contribution is 2.21. The lowest BCUT2D eigenvalue weighted by Crippen LogP contribution is -2.34. The number of carbonyl (C=O) groups is 1. The van der Waals surface area contributed by atoms with Crippen molar-refractivity contribution in [3.63, 3.8) is 0 Å². The monoisotopic (exact) mass is 357 g/mol. The predicted octanol–water partition coefficient (Wildman–Crippen LogP) is 2.75. The van der Waals surface area contributed by atoms with Gasteiger partial charge in [0.15, 0.2) is 0 Å². The lowest BCUT2D eigenvalue weighted by atomic mass is 10.2. The van der Waals surface area contributed by atoms with Gasteiger partial charge in [-0.2, -0.15) is 5.10 Å². The summed E-state index contributed by atoms with van der Waals surface area (Å²) in [5.41, 5.74) is 3.68. The molecule has 0 aliphatic heterocycles. The van der Waals surface area contributed by atoms with Crippen molar-refractivity contribution in [3.05, 3.63) is 48.0 Å². The summed E-state index contributed by atoms with van der Waals surface area (Å²) in [4.78, 5) is 12.1. The molecular weight excluding hydrogens is 334 g/mol. The number of phenols is 1. The molecule has 0 aromatic heterocycles. The third-order valence-corrected chi connectivity index (χ3v) is 3.55. The lowest BCUT2D eigenvalue weighted by molar-refractivity contribution is -0.121. The number of anilines is 1. The molecule has 3 N–H and O–H groups in total. The molecular formula is C19H23N3O4. The lowest BCUT2D eigenvalue weighted by Gasteiger charge is -2.14. The fraction of sp³-hybridized carbons (Fsp3) is 0.263. The van der Waals surface area contributed by atoms with Gasteiger partial charge < -0.3 is 19.9 Å². The fourth-order valence-corrected chi connectivity index (χ4v) is 2.15. The van der Waals surface area contributed by atoms with Gasteiger partial charge in [-0.1, -0.05) is 0 Å². The van der Waals surface area contributed by atoms with Gasteiger partial charge in [0.2, 0.25) is 0 Å². The number of hydrogen-bond donors (Lipinski definition) is 3. The molecule has 138 valence electrons. The topological polar surface area (TPSA) is 92.2 Å². The maximum Gasteiger partial charge on any atom is 0.262 e. The van der Waals surface area contributed by atoms with Gasteiger partial charge in [-0.25, -0.2) is 5.43 Å². The Balaban J connectivity index is 1.90. The molecule has 0 saturated carbocycles. The van der Waals surface area contributed by atoms with E-state index in [2.05, 4.69) is 15.8 Å². The van der Waals surface area contributed by atoms with E-state index in [1.165, 1.54) is 19.4 Å². The van der Waals surface area contributed by atoms with Crippen LogP contribution in [0.1, 0.15) is 19.4 Å².